The Kier molecular flexibility index (Phi) is 1.12. The van der Waals surface area contributed by atoms with E-state index in [2.05, 4.69) is 10.2 Å². The Balaban J connectivity index is 3.04. The summed E-state index contributed by atoms with van der Waals surface area (Å²) in [7, 11) is 0. The molecule has 0 spiro atoms. The lowest BCUT2D eigenvalue weighted by Gasteiger charge is -1.64. The summed E-state index contributed by atoms with van der Waals surface area (Å²) in [5.74, 6) is 0. The Labute approximate surface area is 48.6 Å². The lowest BCUT2D eigenvalue weighted by Crippen LogP contribution is -1.61. The third-order valence-electron chi connectivity index (χ3n) is 0.390. The van der Waals surface area contributed by atoms with E-state index in [-0.39, 0.29) is 9.66 Å². The van der Waals surface area contributed by atoms with Gasteiger partial charge in [-0.15, -0.1) is 5.10 Å². The summed E-state index contributed by atoms with van der Waals surface area (Å²) < 4.78 is 0.262. The molecule has 1 aromatic rings. The maximum absolute atomic E-state index is 8.41. The van der Waals surface area contributed by atoms with Gasteiger partial charge in [0.2, 0.25) is 4.47 Å². The van der Waals surface area contributed by atoms with Gasteiger partial charge in [0.25, 0.3) is 5.19 Å². The number of hydrogen-bond acceptors (Lipinski definition) is 4. The van der Waals surface area contributed by atoms with Crippen LogP contribution in [-0.2, 0) is 0 Å². The number of hydrogen-bond donors (Lipinski definition) is 1. The second kappa shape index (κ2) is 1.63. The van der Waals surface area contributed by atoms with E-state index in [4.69, 9.17) is 16.7 Å². The molecule has 0 fully saturated rings. The van der Waals surface area contributed by atoms with Gasteiger partial charge in [-0.1, -0.05) is 5.10 Å². The van der Waals surface area contributed by atoms with Gasteiger partial charge in [-0.25, -0.2) is 0 Å². The summed E-state index contributed by atoms with van der Waals surface area (Å²) >= 11 is 6.19. The van der Waals surface area contributed by atoms with E-state index in [9.17, 15) is 0 Å². The van der Waals surface area contributed by atoms with E-state index in [0.29, 0.717) is 0 Å². The molecule has 5 heteroatoms. The van der Waals surface area contributed by atoms with E-state index in [1.807, 2.05) is 0 Å². The zero-order chi connectivity index (χ0) is 5.28. The van der Waals surface area contributed by atoms with Crippen LogP contribution in [0.15, 0.2) is 0 Å². The molecule has 1 heterocycles. The fourth-order valence-electron chi connectivity index (χ4n) is 0.198. The Morgan fingerprint density at radius 2 is 2.29 bits per heavy atom. The van der Waals surface area contributed by atoms with Gasteiger partial charge in [-0.2, -0.15) is 0 Å². The van der Waals surface area contributed by atoms with Crippen LogP contribution in [0.2, 0.25) is 4.47 Å². The van der Waals surface area contributed by atoms with Crippen molar-refractivity contribution < 1.29 is 5.11 Å². The second-order valence-corrected chi connectivity index (χ2v) is 2.38. The lowest BCUT2D eigenvalue weighted by molar-refractivity contribution is 0.465. The molecule has 0 unspecified atom stereocenters. The van der Waals surface area contributed by atoms with E-state index < -0.39 is 0 Å². The van der Waals surface area contributed by atoms with Crippen molar-refractivity contribution in [2.75, 3.05) is 0 Å². The van der Waals surface area contributed by atoms with Crippen LogP contribution in [0.1, 0.15) is 0 Å². The van der Waals surface area contributed by atoms with Crippen LogP contribution in [0.25, 0.3) is 0 Å². The van der Waals surface area contributed by atoms with Gasteiger partial charge in [-0.05, 0) is 22.9 Å². The third kappa shape index (κ3) is 1.01. The molecule has 0 bridgehead atoms. The van der Waals surface area contributed by atoms with Crippen LogP contribution in [-0.4, -0.2) is 15.3 Å². The zero-order valence-electron chi connectivity index (χ0n) is 3.13. The molecule has 0 aliphatic carbocycles. The first kappa shape index (κ1) is 4.80. The van der Waals surface area contributed by atoms with Gasteiger partial charge in [-0.3, -0.25) is 0 Å². The highest BCUT2D eigenvalue weighted by atomic mass is 35.5. The van der Waals surface area contributed by atoms with Crippen molar-refractivity contribution in [3.05, 3.63) is 4.47 Å². The molecule has 1 rings (SSSR count). The van der Waals surface area contributed by atoms with Gasteiger partial charge >= 0.3 is 0 Å². The SMILES string of the molecule is Oc1nnc(Cl)s1. The van der Waals surface area contributed by atoms with Gasteiger partial charge in [0.15, 0.2) is 0 Å². The van der Waals surface area contributed by atoms with E-state index in [1.165, 1.54) is 0 Å². The van der Waals surface area contributed by atoms with E-state index in [1.54, 1.807) is 0 Å². The first-order valence-electron chi connectivity index (χ1n) is 1.47. The molecule has 3 nitrogen and oxygen atoms in total. The highest BCUT2D eigenvalue weighted by Crippen LogP contribution is 2.19. The molecule has 0 aliphatic rings. The van der Waals surface area contributed by atoms with Gasteiger partial charge in [0.05, 0.1) is 0 Å². The van der Waals surface area contributed by atoms with Crippen LogP contribution < -0.4 is 0 Å². The average molecular weight is 137 g/mol. The Morgan fingerprint density at radius 3 is 2.43 bits per heavy atom. The molecule has 1 aromatic heterocycles. The summed E-state index contributed by atoms with van der Waals surface area (Å²) in [6.07, 6.45) is 0. The number of aromatic hydroxyl groups is 1. The molecule has 0 amide bonds. The van der Waals surface area contributed by atoms with Crippen molar-refractivity contribution in [1.82, 2.24) is 10.2 Å². The standard InChI is InChI=1S/C2HClN2OS/c3-1-4-5-2(6)7-1/h(H,5,6). The van der Waals surface area contributed by atoms with Crippen LogP contribution in [0.4, 0.5) is 0 Å². The van der Waals surface area contributed by atoms with Gasteiger partial charge < -0.3 is 5.11 Å². The van der Waals surface area contributed by atoms with E-state index >= 15 is 0 Å². The van der Waals surface area contributed by atoms with Crippen LogP contribution >= 0.6 is 22.9 Å². The van der Waals surface area contributed by atoms with Crippen LogP contribution in [0.3, 0.4) is 0 Å². The largest absolute Gasteiger partial charge is 0.484 e. The van der Waals surface area contributed by atoms with Crippen molar-refractivity contribution in [2.45, 2.75) is 0 Å². The predicted octanol–water partition coefficient (Wildman–Crippen LogP) is 0.897. The molecule has 0 atom stereocenters. The summed E-state index contributed by atoms with van der Waals surface area (Å²) in [6, 6.07) is 0. The summed E-state index contributed by atoms with van der Waals surface area (Å²) in [6.45, 7) is 0. The molecule has 1 N–H and O–H groups in total. The molecule has 0 aliphatic heterocycles. The van der Waals surface area contributed by atoms with Crippen molar-refractivity contribution >= 4 is 22.9 Å². The number of aromatic nitrogens is 2. The molecule has 0 radical (unpaired) electrons. The van der Waals surface area contributed by atoms with Crippen LogP contribution in [0, 0.1) is 0 Å². The zero-order valence-corrected chi connectivity index (χ0v) is 4.70. The maximum Gasteiger partial charge on any atom is 0.292 e. The number of nitrogens with zero attached hydrogens (tertiary/aromatic N) is 2. The molecular weight excluding hydrogens is 136 g/mol. The predicted molar refractivity (Wildman–Crippen MR) is 26.6 cm³/mol. The number of rotatable bonds is 0. The molecular formula is C2HClN2OS. The van der Waals surface area contributed by atoms with Crippen molar-refractivity contribution in [2.24, 2.45) is 0 Å². The highest BCUT2D eigenvalue weighted by Gasteiger charge is 1.93. The van der Waals surface area contributed by atoms with Crippen molar-refractivity contribution in [3.63, 3.8) is 0 Å². The molecule has 38 valence electrons. The highest BCUT2D eigenvalue weighted by molar-refractivity contribution is 7.16. The van der Waals surface area contributed by atoms with Crippen molar-refractivity contribution in [1.29, 1.82) is 0 Å². The first-order valence-corrected chi connectivity index (χ1v) is 2.66. The molecule has 0 aromatic carbocycles. The maximum atomic E-state index is 8.41. The normalized spacial score (nSPS) is 9.29. The minimum atomic E-state index is -0.0926. The summed E-state index contributed by atoms with van der Waals surface area (Å²) in [5.41, 5.74) is 0. The first-order chi connectivity index (χ1) is 3.29. The monoisotopic (exact) mass is 136 g/mol. The third-order valence-corrected chi connectivity index (χ3v) is 1.21. The van der Waals surface area contributed by atoms with Crippen LogP contribution in [0.5, 0.6) is 5.19 Å². The molecule has 0 saturated heterocycles. The second-order valence-electron chi connectivity index (χ2n) is 0.838. The quantitative estimate of drug-likeness (QED) is 0.577. The van der Waals surface area contributed by atoms with Gasteiger partial charge in [0.1, 0.15) is 0 Å². The Hall–Kier alpha value is -0.350. The van der Waals surface area contributed by atoms with Crippen molar-refractivity contribution in [3.8, 4) is 5.19 Å². The minimum absolute atomic E-state index is 0.0926. The molecule has 0 saturated carbocycles. The Bertz CT molecular complexity index is 148. The topological polar surface area (TPSA) is 46.0 Å². The summed E-state index contributed by atoms with van der Waals surface area (Å²) in [4.78, 5) is 0. The number of halogens is 1. The Morgan fingerprint density at radius 1 is 1.57 bits per heavy atom. The van der Waals surface area contributed by atoms with E-state index in [0.717, 1.165) is 11.3 Å². The lowest BCUT2D eigenvalue weighted by atomic mass is 11.5. The summed E-state index contributed by atoms with van der Waals surface area (Å²) in [5, 5.41) is 14.8. The fraction of sp³-hybridized carbons (Fsp3) is 0. The van der Waals surface area contributed by atoms with Gasteiger partial charge in [0, 0.05) is 0 Å². The smallest absolute Gasteiger partial charge is 0.292 e. The minimum Gasteiger partial charge on any atom is -0.484 e. The molecule has 7 heavy (non-hydrogen) atoms. The fourth-order valence-corrected chi connectivity index (χ4v) is 0.757. The average Bonchev–Trinajstić information content (AvgIpc) is 1.87.